The Hall–Kier alpha value is -1.54. The standard InChI is InChI=1S/C10H17N5/c1-3-14(4-2)5-6-15-8-13-9(7-11)10(15)12/h8H,3-6,12H2,1-2H3. The van der Waals surface area contributed by atoms with Gasteiger partial charge in [-0.1, -0.05) is 13.8 Å². The van der Waals surface area contributed by atoms with Crippen LogP contribution < -0.4 is 5.73 Å². The summed E-state index contributed by atoms with van der Waals surface area (Å²) in [5.74, 6) is 0.463. The van der Waals surface area contributed by atoms with Crippen molar-refractivity contribution in [2.24, 2.45) is 0 Å². The molecule has 0 aliphatic rings. The number of imidazole rings is 1. The summed E-state index contributed by atoms with van der Waals surface area (Å²) in [7, 11) is 0. The number of likely N-dealkylation sites (N-methyl/N-ethyl adjacent to an activating group) is 1. The van der Waals surface area contributed by atoms with E-state index in [0.29, 0.717) is 11.5 Å². The predicted octanol–water partition coefficient (Wildman–Crippen LogP) is 0.679. The first kappa shape index (κ1) is 11.5. The van der Waals surface area contributed by atoms with Crippen molar-refractivity contribution in [1.82, 2.24) is 14.5 Å². The number of nitrogens with two attached hydrogens (primary N) is 1. The monoisotopic (exact) mass is 207 g/mol. The van der Waals surface area contributed by atoms with Crippen LogP contribution in [0, 0.1) is 11.3 Å². The number of anilines is 1. The predicted molar refractivity (Wildman–Crippen MR) is 59.1 cm³/mol. The number of aromatic nitrogens is 2. The molecule has 0 fully saturated rings. The summed E-state index contributed by atoms with van der Waals surface area (Å²) in [6.07, 6.45) is 1.62. The summed E-state index contributed by atoms with van der Waals surface area (Å²) in [6, 6.07) is 1.96. The van der Waals surface area contributed by atoms with E-state index in [0.717, 1.165) is 26.2 Å². The Labute approximate surface area is 90.1 Å². The van der Waals surface area contributed by atoms with Gasteiger partial charge in [-0.2, -0.15) is 5.26 Å². The van der Waals surface area contributed by atoms with Gasteiger partial charge in [-0.15, -0.1) is 0 Å². The molecular weight excluding hydrogens is 190 g/mol. The summed E-state index contributed by atoms with van der Waals surface area (Å²) in [5.41, 5.74) is 6.06. The van der Waals surface area contributed by atoms with Crippen molar-refractivity contribution in [1.29, 1.82) is 5.26 Å². The highest BCUT2D eigenvalue weighted by atomic mass is 15.2. The highest BCUT2D eigenvalue weighted by Gasteiger charge is 2.07. The molecule has 0 aliphatic carbocycles. The summed E-state index contributed by atoms with van der Waals surface area (Å²) >= 11 is 0. The van der Waals surface area contributed by atoms with Crippen LogP contribution in [0.1, 0.15) is 19.5 Å². The molecule has 15 heavy (non-hydrogen) atoms. The fraction of sp³-hybridized carbons (Fsp3) is 0.600. The van der Waals surface area contributed by atoms with Crippen LogP contribution >= 0.6 is 0 Å². The van der Waals surface area contributed by atoms with Crippen LogP contribution in [0.15, 0.2) is 6.33 Å². The molecule has 0 spiro atoms. The average Bonchev–Trinajstić information content (AvgIpc) is 2.61. The van der Waals surface area contributed by atoms with Crippen molar-refractivity contribution in [3.05, 3.63) is 12.0 Å². The Morgan fingerprint density at radius 3 is 2.67 bits per heavy atom. The molecule has 2 N–H and O–H groups in total. The average molecular weight is 207 g/mol. The van der Waals surface area contributed by atoms with Crippen LogP contribution in [0.4, 0.5) is 5.82 Å². The van der Waals surface area contributed by atoms with E-state index in [4.69, 9.17) is 11.0 Å². The van der Waals surface area contributed by atoms with Crippen LogP contribution in [0.2, 0.25) is 0 Å². The minimum atomic E-state index is 0.314. The molecule has 0 atom stereocenters. The molecule has 0 saturated carbocycles. The molecule has 0 saturated heterocycles. The largest absolute Gasteiger partial charge is 0.383 e. The molecule has 1 rings (SSSR count). The summed E-state index contributed by atoms with van der Waals surface area (Å²) in [6.45, 7) is 8.01. The highest BCUT2D eigenvalue weighted by Crippen LogP contribution is 2.08. The van der Waals surface area contributed by atoms with Crippen LogP contribution in [0.3, 0.4) is 0 Å². The van der Waals surface area contributed by atoms with Crippen molar-refractivity contribution in [3.63, 3.8) is 0 Å². The molecule has 0 bridgehead atoms. The third-order valence-corrected chi connectivity index (χ3v) is 2.54. The number of nitrogens with zero attached hydrogens (tertiary/aromatic N) is 4. The Morgan fingerprint density at radius 1 is 1.53 bits per heavy atom. The molecule has 82 valence electrons. The minimum absolute atomic E-state index is 0.314. The zero-order chi connectivity index (χ0) is 11.3. The Morgan fingerprint density at radius 2 is 2.20 bits per heavy atom. The van der Waals surface area contributed by atoms with E-state index < -0.39 is 0 Å². The number of hydrogen-bond donors (Lipinski definition) is 1. The van der Waals surface area contributed by atoms with Crippen molar-refractivity contribution >= 4 is 5.82 Å². The Balaban J connectivity index is 2.58. The second kappa shape index (κ2) is 5.37. The maximum absolute atomic E-state index is 8.69. The zero-order valence-corrected chi connectivity index (χ0v) is 9.27. The maximum Gasteiger partial charge on any atom is 0.182 e. The van der Waals surface area contributed by atoms with Gasteiger partial charge in [-0.3, -0.25) is 0 Å². The second-order valence-electron chi connectivity index (χ2n) is 3.31. The van der Waals surface area contributed by atoms with Gasteiger partial charge in [-0.25, -0.2) is 4.98 Å². The van der Waals surface area contributed by atoms with Crippen molar-refractivity contribution in [2.45, 2.75) is 20.4 Å². The van der Waals surface area contributed by atoms with Crippen molar-refractivity contribution < 1.29 is 0 Å². The van der Waals surface area contributed by atoms with E-state index in [9.17, 15) is 0 Å². The van der Waals surface area contributed by atoms with Gasteiger partial charge < -0.3 is 15.2 Å². The molecule has 0 aliphatic heterocycles. The van der Waals surface area contributed by atoms with Gasteiger partial charge in [-0.05, 0) is 13.1 Å². The minimum Gasteiger partial charge on any atom is -0.383 e. The van der Waals surface area contributed by atoms with Gasteiger partial charge in [0.15, 0.2) is 5.69 Å². The van der Waals surface area contributed by atoms with E-state index in [1.54, 1.807) is 6.33 Å². The normalized spacial score (nSPS) is 10.5. The molecule has 5 heteroatoms. The van der Waals surface area contributed by atoms with Crippen LogP contribution in [0.5, 0.6) is 0 Å². The first-order valence-electron chi connectivity index (χ1n) is 5.16. The number of hydrogen-bond acceptors (Lipinski definition) is 4. The SMILES string of the molecule is CCN(CC)CCn1cnc(C#N)c1N. The van der Waals surface area contributed by atoms with Crippen LogP contribution in [-0.2, 0) is 6.54 Å². The third kappa shape index (κ3) is 2.70. The molecule has 1 aromatic rings. The molecule has 1 aromatic heterocycles. The third-order valence-electron chi connectivity index (χ3n) is 2.54. The zero-order valence-electron chi connectivity index (χ0n) is 9.27. The van der Waals surface area contributed by atoms with E-state index in [-0.39, 0.29) is 0 Å². The number of rotatable bonds is 5. The lowest BCUT2D eigenvalue weighted by molar-refractivity contribution is 0.291. The molecule has 1 heterocycles. The van der Waals surface area contributed by atoms with Crippen molar-refractivity contribution in [2.75, 3.05) is 25.4 Å². The topological polar surface area (TPSA) is 70.9 Å². The molecule has 0 amide bonds. The highest BCUT2D eigenvalue weighted by molar-refractivity contribution is 5.44. The number of nitrogen functional groups attached to an aromatic ring is 1. The lowest BCUT2D eigenvalue weighted by Gasteiger charge is -2.18. The second-order valence-corrected chi connectivity index (χ2v) is 3.31. The Kier molecular flexibility index (Phi) is 4.13. The van der Waals surface area contributed by atoms with Crippen molar-refractivity contribution in [3.8, 4) is 6.07 Å². The molecule has 0 unspecified atom stereocenters. The molecule has 0 radical (unpaired) electrons. The number of nitriles is 1. The fourth-order valence-corrected chi connectivity index (χ4v) is 1.45. The van der Waals surface area contributed by atoms with Gasteiger partial charge in [0, 0.05) is 13.1 Å². The van der Waals surface area contributed by atoms with E-state index in [1.807, 2.05) is 10.6 Å². The lowest BCUT2D eigenvalue weighted by Crippen LogP contribution is -2.27. The van der Waals surface area contributed by atoms with E-state index in [1.165, 1.54) is 0 Å². The molecular formula is C10H17N5. The van der Waals surface area contributed by atoms with Crippen LogP contribution in [-0.4, -0.2) is 34.1 Å². The van der Waals surface area contributed by atoms with Gasteiger partial charge in [0.05, 0.1) is 6.33 Å². The van der Waals surface area contributed by atoms with E-state index >= 15 is 0 Å². The molecule has 0 aromatic carbocycles. The van der Waals surface area contributed by atoms with Crippen LogP contribution in [0.25, 0.3) is 0 Å². The quantitative estimate of drug-likeness (QED) is 0.770. The molecule has 5 nitrogen and oxygen atoms in total. The first-order valence-corrected chi connectivity index (χ1v) is 5.16. The smallest absolute Gasteiger partial charge is 0.182 e. The van der Waals surface area contributed by atoms with E-state index in [2.05, 4.69) is 23.7 Å². The maximum atomic E-state index is 8.69. The summed E-state index contributed by atoms with van der Waals surface area (Å²) in [4.78, 5) is 6.22. The lowest BCUT2D eigenvalue weighted by atomic mass is 10.4. The Bertz CT molecular complexity index is 345. The van der Waals surface area contributed by atoms with Gasteiger partial charge in [0.1, 0.15) is 11.9 Å². The fourth-order valence-electron chi connectivity index (χ4n) is 1.45. The first-order chi connectivity index (χ1) is 7.22. The van der Waals surface area contributed by atoms with Gasteiger partial charge in [0.2, 0.25) is 0 Å². The summed E-state index contributed by atoms with van der Waals surface area (Å²) in [5, 5.41) is 8.69. The summed E-state index contributed by atoms with van der Waals surface area (Å²) < 4.78 is 1.82. The van der Waals surface area contributed by atoms with Gasteiger partial charge in [0.25, 0.3) is 0 Å². The van der Waals surface area contributed by atoms with Gasteiger partial charge >= 0.3 is 0 Å².